The predicted molar refractivity (Wildman–Crippen MR) is 86.9 cm³/mol. The van der Waals surface area contributed by atoms with Gasteiger partial charge >= 0.3 is 0 Å². The number of hydrogen-bond acceptors (Lipinski definition) is 7. The first-order valence-corrected chi connectivity index (χ1v) is 7.88. The Hall–Kier alpha value is -2.94. The summed E-state index contributed by atoms with van der Waals surface area (Å²) >= 11 is 1.24. The molecule has 0 fully saturated rings. The number of furan rings is 1. The Morgan fingerprint density at radius 2 is 2.04 bits per heavy atom. The normalized spacial score (nSPS) is 10.7. The molecule has 0 bridgehead atoms. The van der Waals surface area contributed by atoms with Crippen molar-refractivity contribution < 1.29 is 14.1 Å². The molecule has 0 spiro atoms. The number of nitro benzene ring substituents is 1. The first kappa shape index (κ1) is 15.9. The third-order valence-electron chi connectivity index (χ3n) is 3.31. The van der Waals surface area contributed by atoms with Gasteiger partial charge in [-0.25, -0.2) is 0 Å². The number of nitro groups is 1. The molecule has 0 aliphatic heterocycles. The van der Waals surface area contributed by atoms with Gasteiger partial charge in [-0.15, -0.1) is 10.2 Å². The topological polar surface area (TPSA) is 104 Å². The molecular formula is C15H12N4O4S. The van der Waals surface area contributed by atoms with E-state index in [9.17, 15) is 14.9 Å². The van der Waals surface area contributed by atoms with Crippen LogP contribution in [0.5, 0.6) is 0 Å². The Kier molecular flexibility index (Phi) is 4.43. The molecule has 8 nitrogen and oxygen atoms in total. The van der Waals surface area contributed by atoms with E-state index in [-0.39, 0.29) is 17.2 Å². The van der Waals surface area contributed by atoms with Crippen LogP contribution < -0.4 is 0 Å². The minimum atomic E-state index is -0.501. The lowest BCUT2D eigenvalue weighted by atomic mass is 10.1. The van der Waals surface area contributed by atoms with Crippen molar-refractivity contribution in [2.75, 3.05) is 5.75 Å². The fraction of sp³-hybridized carbons (Fsp3) is 0.133. The SMILES string of the molecule is Cn1c(SCC(=O)c2ccc([N+](=O)[O-])cc2)nnc1-c1ccco1. The van der Waals surface area contributed by atoms with Gasteiger partial charge in [-0.2, -0.15) is 0 Å². The third kappa shape index (κ3) is 3.20. The van der Waals surface area contributed by atoms with E-state index in [1.165, 1.54) is 36.0 Å². The van der Waals surface area contributed by atoms with E-state index in [1.807, 2.05) is 0 Å². The van der Waals surface area contributed by atoms with E-state index in [4.69, 9.17) is 4.42 Å². The summed E-state index contributed by atoms with van der Waals surface area (Å²) in [5.74, 6) is 1.18. The molecule has 9 heteroatoms. The van der Waals surface area contributed by atoms with Gasteiger partial charge in [0.2, 0.25) is 0 Å². The fourth-order valence-corrected chi connectivity index (χ4v) is 2.85. The molecule has 0 atom stereocenters. The third-order valence-corrected chi connectivity index (χ3v) is 4.33. The summed E-state index contributed by atoms with van der Waals surface area (Å²) < 4.78 is 7.03. The van der Waals surface area contributed by atoms with Crippen LogP contribution in [0.25, 0.3) is 11.6 Å². The Bertz CT molecular complexity index is 872. The molecule has 0 aliphatic carbocycles. The van der Waals surface area contributed by atoms with Crippen molar-refractivity contribution in [2.45, 2.75) is 5.16 Å². The minimum absolute atomic E-state index is 0.0457. The molecule has 3 aromatic rings. The van der Waals surface area contributed by atoms with Gasteiger partial charge in [0, 0.05) is 24.7 Å². The van der Waals surface area contributed by atoms with Crippen LogP contribution in [-0.4, -0.2) is 31.2 Å². The first-order valence-electron chi connectivity index (χ1n) is 6.90. The van der Waals surface area contributed by atoms with Crippen LogP contribution in [0.4, 0.5) is 5.69 Å². The van der Waals surface area contributed by atoms with Crippen molar-refractivity contribution >= 4 is 23.2 Å². The Morgan fingerprint density at radius 1 is 1.29 bits per heavy atom. The van der Waals surface area contributed by atoms with E-state index < -0.39 is 4.92 Å². The molecule has 0 unspecified atom stereocenters. The van der Waals surface area contributed by atoms with Crippen molar-refractivity contribution in [3.63, 3.8) is 0 Å². The lowest BCUT2D eigenvalue weighted by Gasteiger charge is -2.02. The van der Waals surface area contributed by atoms with Gasteiger partial charge in [-0.1, -0.05) is 11.8 Å². The number of thioether (sulfide) groups is 1. The van der Waals surface area contributed by atoms with Gasteiger partial charge in [-0.3, -0.25) is 14.9 Å². The number of rotatable bonds is 6. The van der Waals surface area contributed by atoms with Crippen molar-refractivity contribution in [1.29, 1.82) is 0 Å². The van der Waals surface area contributed by atoms with Crippen LogP contribution in [0.15, 0.2) is 52.2 Å². The standard InChI is InChI=1S/C15H12N4O4S/c1-18-14(13-3-2-8-23-13)16-17-15(18)24-9-12(20)10-4-6-11(7-5-10)19(21)22/h2-8H,9H2,1H3. The number of carbonyl (C=O) groups is 1. The fourth-order valence-electron chi connectivity index (χ4n) is 2.04. The van der Waals surface area contributed by atoms with Gasteiger partial charge in [0.15, 0.2) is 22.5 Å². The number of benzene rings is 1. The molecule has 122 valence electrons. The summed E-state index contributed by atoms with van der Waals surface area (Å²) in [4.78, 5) is 22.3. The molecule has 24 heavy (non-hydrogen) atoms. The summed E-state index contributed by atoms with van der Waals surface area (Å²) in [6.45, 7) is 0. The molecule has 1 aromatic carbocycles. The highest BCUT2D eigenvalue weighted by Gasteiger charge is 2.15. The number of non-ortho nitro benzene ring substituents is 1. The van der Waals surface area contributed by atoms with Gasteiger partial charge in [0.05, 0.1) is 16.9 Å². The summed E-state index contributed by atoms with van der Waals surface area (Å²) in [7, 11) is 1.79. The molecule has 2 heterocycles. The Labute approximate surface area is 140 Å². The lowest BCUT2D eigenvalue weighted by molar-refractivity contribution is -0.384. The number of carbonyl (C=O) groups excluding carboxylic acids is 1. The van der Waals surface area contributed by atoms with Crippen LogP contribution >= 0.6 is 11.8 Å². The van der Waals surface area contributed by atoms with Gasteiger partial charge < -0.3 is 8.98 Å². The molecule has 0 aliphatic rings. The van der Waals surface area contributed by atoms with E-state index in [1.54, 1.807) is 30.0 Å². The number of ketones is 1. The average molecular weight is 344 g/mol. The largest absolute Gasteiger partial charge is 0.461 e. The van der Waals surface area contributed by atoms with E-state index in [0.29, 0.717) is 22.3 Å². The molecule has 0 N–H and O–H groups in total. The lowest BCUT2D eigenvalue weighted by Crippen LogP contribution is -2.04. The highest BCUT2D eigenvalue weighted by Crippen LogP contribution is 2.23. The first-order chi connectivity index (χ1) is 11.6. The molecule has 2 aromatic heterocycles. The van der Waals surface area contributed by atoms with Gasteiger partial charge in [-0.05, 0) is 24.3 Å². The summed E-state index contributed by atoms with van der Waals surface area (Å²) in [6.07, 6.45) is 1.55. The van der Waals surface area contributed by atoms with Gasteiger partial charge in [0.1, 0.15) is 0 Å². The number of hydrogen-bond donors (Lipinski definition) is 0. The molecule has 3 rings (SSSR count). The van der Waals surface area contributed by atoms with E-state index >= 15 is 0 Å². The molecule has 0 amide bonds. The van der Waals surface area contributed by atoms with Crippen molar-refractivity contribution in [3.8, 4) is 11.6 Å². The Morgan fingerprint density at radius 3 is 2.67 bits per heavy atom. The maximum Gasteiger partial charge on any atom is 0.269 e. The second-order valence-corrected chi connectivity index (χ2v) is 5.80. The van der Waals surface area contributed by atoms with Crippen LogP contribution in [0, 0.1) is 10.1 Å². The molecular weight excluding hydrogens is 332 g/mol. The monoisotopic (exact) mass is 344 g/mol. The quantitative estimate of drug-likeness (QED) is 0.293. The predicted octanol–water partition coefficient (Wildman–Crippen LogP) is 2.96. The van der Waals surface area contributed by atoms with Gasteiger partial charge in [0.25, 0.3) is 5.69 Å². The average Bonchev–Trinajstić information content (AvgIpc) is 3.22. The highest BCUT2D eigenvalue weighted by molar-refractivity contribution is 7.99. The number of Topliss-reactive ketones (excluding diaryl/α,β-unsaturated/α-hetero) is 1. The van der Waals surface area contributed by atoms with Crippen molar-refractivity contribution in [1.82, 2.24) is 14.8 Å². The van der Waals surface area contributed by atoms with Crippen molar-refractivity contribution in [2.24, 2.45) is 7.05 Å². The second-order valence-electron chi connectivity index (χ2n) is 4.86. The van der Waals surface area contributed by atoms with Crippen LogP contribution in [0.1, 0.15) is 10.4 Å². The second kappa shape index (κ2) is 6.67. The van der Waals surface area contributed by atoms with E-state index in [2.05, 4.69) is 10.2 Å². The maximum absolute atomic E-state index is 12.2. The highest BCUT2D eigenvalue weighted by atomic mass is 32.2. The maximum atomic E-state index is 12.2. The molecule has 0 saturated heterocycles. The summed E-state index contributed by atoms with van der Waals surface area (Å²) in [6, 6.07) is 9.07. The zero-order valence-electron chi connectivity index (χ0n) is 12.6. The number of aromatic nitrogens is 3. The zero-order chi connectivity index (χ0) is 17.1. The zero-order valence-corrected chi connectivity index (χ0v) is 13.4. The van der Waals surface area contributed by atoms with Crippen LogP contribution in [0.2, 0.25) is 0 Å². The number of nitrogens with zero attached hydrogens (tertiary/aromatic N) is 4. The Balaban J connectivity index is 1.67. The summed E-state index contributed by atoms with van der Waals surface area (Å²) in [5.41, 5.74) is 0.372. The van der Waals surface area contributed by atoms with Crippen LogP contribution in [-0.2, 0) is 7.05 Å². The molecule has 0 radical (unpaired) electrons. The molecule has 0 saturated carbocycles. The van der Waals surface area contributed by atoms with Crippen molar-refractivity contribution in [3.05, 3.63) is 58.3 Å². The van der Waals surface area contributed by atoms with E-state index in [0.717, 1.165) is 0 Å². The smallest absolute Gasteiger partial charge is 0.269 e. The minimum Gasteiger partial charge on any atom is -0.461 e. The summed E-state index contributed by atoms with van der Waals surface area (Å²) in [5, 5.41) is 19.3. The van der Waals surface area contributed by atoms with Crippen LogP contribution in [0.3, 0.4) is 0 Å².